The van der Waals surface area contributed by atoms with Crippen LogP contribution in [0, 0.1) is 5.92 Å². The second-order valence-electron chi connectivity index (χ2n) is 7.35. The van der Waals surface area contributed by atoms with E-state index in [2.05, 4.69) is 26.7 Å². The van der Waals surface area contributed by atoms with Crippen molar-refractivity contribution in [3.63, 3.8) is 0 Å². The van der Waals surface area contributed by atoms with Crippen LogP contribution < -0.4 is 5.32 Å². The van der Waals surface area contributed by atoms with Crippen molar-refractivity contribution >= 4 is 11.9 Å². The number of rotatable bonds is 6. The van der Waals surface area contributed by atoms with E-state index in [9.17, 15) is 4.79 Å². The molecule has 2 aliphatic rings. The number of amides is 1. The van der Waals surface area contributed by atoms with Crippen LogP contribution in [0.5, 0.6) is 0 Å². The lowest BCUT2D eigenvalue weighted by Gasteiger charge is -2.24. The fraction of sp³-hybridized carbons (Fsp3) is 0.778. The van der Waals surface area contributed by atoms with Gasteiger partial charge in [-0.2, -0.15) is 0 Å². The molecule has 0 radical (unpaired) electrons. The molecule has 2 heterocycles. The van der Waals surface area contributed by atoms with Crippen molar-refractivity contribution in [2.24, 2.45) is 10.9 Å². The van der Waals surface area contributed by atoms with Gasteiger partial charge in [-0.1, -0.05) is 12.2 Å². The van der Waals surface area contributed by atoms with Gasteiger partial charge in [0, 0.05) is 40.3 Å². The van der Waals surface area contributed by atoms with Gasteiger partial charge in [0.25, 0.3) is 0 Å². The molecule has 0 spiro atoms. The molecule has 1 N–H and O–H groups in total. The van der Waals surface area contributed by atoms with E-state index in [0.29, 0.717) is 12.5 Å². The van der Waals surface area contributed by atoms with Crippen LogP contribution in [-0.2, 0) is 4.79 Å². The topological polar surface area (TPSA) is 51.2 Å². The Morgan fingerprint density at radius 1 is 1.29 bits per heavy atom. The maximum absolute atomic E-state index is 11.8. The summed E-state index contributed by atoms with van der Waals surface area (Å²) in [5.74, 6) is 1.57. The molecular weight excluding hydrogens is 302 g/mol. The van der Waals surface area contributed by atoms with Crippen LogP contribution in [0.4, 0.5) is 0 Å². The maximum atomic E-state index is 11.8. The highest BCUT2D eigenvalue weighted by Crippen LogP contribution is 2.20. The molecule has 24 heavy (non-hydrogen) atoms. The summed E-state index contributed by atoms with van der Waals surface area (Å²) in [5, 5.41) is 3.36. The molecule has 0 saturated carbocycles. The SMILES string of the molecule is C=C(C)CNC(=NCC(=O)N(C)C)N1CCC(CN2CCCC2)C1. The molecule has 1 unspecified atom stereocenters. The molecule has 2 saturated heterocycles. The van der Waals surface area contributed by atoms with Gasteiger partial charge in [-0.25, -0.2) is 4.99 Å². The average Bonchev–Trinajstić information content (AvgIpc) is 3.19. The predicted octanol–water partition coefficient (Wildman–Crippen LogP) is 1.01. The van der Waals surface area contributed by atoms with Gasteiger partial charge in [-0.3, -0.25) is 4.79 Å². The smallest absolute Gasteiger partial charge is 0.243 e. The number of hydrogen-bond donors (Lipinski definition) is 1. The number of hydrogen-bond acceptors (Lipinski definition) is 3. The Kier molecular flexibility index (Phi) is 7.09. The Hall–Kier alpha value is -1.56. The minimum absolute atomic E-state index is 0.0254. The molecule has 1 atom stereocenters. The lowest BCUT2D eigenvalue weighted by Crippen LogP contribution is -2.42. The minimum Gasteiger partial charge on any atom is -0.353 e. The fourth-order valence-corrected chi connectivity index (χ4v) is 3.29. The largest absolute Gasteiger partial charge is 0.353 e. The number of carbonyl (C=O) groups excluding carboxylic acids is 1. The molecule has 0 aromatic heterocycles. The normalized spacial score (nSPS) is 22.0. The Bertz CT molecular complexity index is 468. The first-order valence-corrected chi connectivity index (χ1v) is 9.06. The lowest BCUT2D eigenvalue weighted by atomic mass is 10.1. The van der Waals surface area contributed by atoms with Gasteiger partial charge < -0.3 is 20.0 Å². The fourth-order valence-electron chi connectivity index (χ4n) is 3.29. The van der Waals surface area contributed by atoms with E-state index in [1.807, 2.05) is 6.92 Å². The summed E-state index contributed by atoms with van der Waals surface area (Å²) < 4.78 is 0. The van der Waals surface area contributed by atoms with E-state index < -0.39 is 0 Å². The van der Waals surface area contributed by atoms with Crippen LogP contribution in [0.25, 0.3) is 0 Å². The van der Waals surface area contributed by atoms with Crippen molar-refractivity contribution < 1.29 is 4.79 Å². The molecule has 6 nitrogen and oxygen atoms in total. The number of likely N-dealkylation sites (N-methyl/N-ethyl adjacent to an activating group) is 1. The Morgan fingerprint density at radius 3 is 2.62 bits per heavy atom. The third kappa shape index (κ3) is 5.82. The number of nitrogens with zero attached hydrogens (tertiary/aromatic N) is 4. The molecule has 2 aliphatic heterocycles. The molecule has 0 aliphatic carbocycles. The molecule has 0 bridgehead atoms. The molecule has 2 rings (SSSR count). The molecule has 1 amide bonds. The maximum Gasteiger partial charge on any atom is 0.243 e. The first-order valence-electron chi connectivity index (χ1n) is 9.06. The van der Waals surface area contributed by atoms with Gasteiger partial charge in [-0.15, -0.1) is 0 Å². The van der Waals surface area contributed by atoms with Gasteiger partial charge in [0.2, 0.25) is 5.91 Å². The summed E-state index contributed by atoms with van der Waals surface area (Å²) >= 11 is 0. The van der Waals surface area contributed by atoms with Crippen LogP contribution >= 0.6 is 0 Å². The lowest BCUT2D eigenvalue weighted by molar-refractivity contribution is -0.127. The highest BCUT2D eigenvalue weighted by atomic mass is 16.2. The molecule has 0 aromatic carbocycles. The minimum atomic E-state index is 0.0254. The van der Waals surface area contributed by atoms with E-state index in [1.54, 1.807) is 19.0 Å². The van der Waals surface area contributed by atoms with Gasteiger partial charge in [-0.05, 0) is 45.2 Å². The Labute approximate surface area is 146 Å². The second-order valence-corrected chi connectivity index (χ2v) is 7.35. The Balaban J connectivity index is 1.91. The summed E-state index contributed by atoms with van der Waals surface area (Å²) in [7, 11) is 3.53. The standard InChI is InChI=1S/C18H33N5O/c1-15(2)11-19-18(20-12-17(24)21(3)4)23-10-7-16(14-23)13-22-8-5-6-9-22/h16H,1,5-14H2,2-4H3,(H,19,20). The third-order valence-corrected chi connectivity index (χ3v) is 4.71. The van der Waals surface area contributed by atoms with Crippen molar-refractivity contribution in [1.29, 1.82) is 0 Å². The number of carbonyl (C=O) groups is 1. The van der Waals surface area contributed by atoms with Crippen molar-refractivity contribution in [3.8, 4) is 0 Å². The van der Waals surface area contributed by atoms with Crippen LogP contribution in [0.3, 0.4) is 0 Å². The third-order valence-electron chi connectivity index (χ3n) is 4.71. The highest BCUT2D eigenvalue weighted by Gasteiger charge is 2.27. The Morgan fingerprint density at radius 2 is 2.00 bits per heavy atom. The molecule has 0 aromatic rings. The zero-order valence-corrected chi connectivity index (χ0v) is 15.6. The summed E-state index contributed by atoms with van der Waals surface area (Å²) in [4.78, 5) is 22.9. The van der Waals surface area contributed by atoms with Crippen LogP contribution in [0.1, 0.15) is 26.2 Å². The quantitative estimate of drug-likeness (QED) is 0.447. The van der Waals surface area contributed by atoms with E-state index in [0.717, 1.165) is 24.6 Å². The van der Waals surface area contributed by atoms with E-state index >= 15 is 0 Å². The van der Waals surface area contributed by atoms with E-state index in [4.69, 9.17) is 0 Å². The zero-order chi connectivity index (χ0) is 17.5. The van der Waals surface area contributed by atoms with Crippen LogP contribution in [-0.4, -0.2) is 86.5 Å². The van der Waals surface area contributed by atoms with E-state index in [-0.39, 0.29) is 12.5 Å². The number of nitrogens with one attached hydrogen (secondary N) is 1. The summed E-state index contributed by atoms with van der Waals surface area (Å²) in [6.45, 7) is 12.6. The highest BCUT2D eigenvalue weighted by molar-refractivity contribution is 5.85. The van der Waals surface area contributed by atoms with Gasteiger partial charge in [0.05, 0.1) is 0 Å². The van der Waals surface area contributed by atoms with Crippen LogP contribution in [0.15, 0.2) is 17.1 Å². The van der Waals surface area contributed by atoms with Crippen molar-refractivity contribution in [2.75, 3.05) is 59.9 Å². The molecule has 136 valence electrons. The summed E-state index contributed by atoms with van der Waals surface area (Å²) in [5.41, 5.74) is 1.06. The van der Waals surface area contributed by atoms with Crippen molar-refractivity contribution in [3.05, 3.63) is 12.2 Å². The molecule has 6 heteroatoms. The van der Waals surface area contributed by atoms with Gasteiger partial charge in [0.15, 0.2) is 5.96 Å². The van der Waals surface area contributed by atoms with Gasteiger partial charge >= 0.3 is 0 Å². The summed E-state index contributed by atoms with van der Waals surface area (Å²) in [6, 6.07) is 0. The molecule has 2 fully saturated rings. The molecular formula is C18H33N5O. The number of likely N-dealkylation sites (tertiary alicyclic amines) is 2. The predicted molar refractivity (Wildman–Crippen MR) is 99.2 cm³/mol. The average molecular weight is 335 g/mol. The van der Waals surface area contributed by atoms with Gasteiger partial charge in [0.1, 0.15) is 6.54 Å². The second kappa shape index (κ2) is 9.06. The van der Waals surface area contributed by atoms with Crippen molar-refractivity contribution in [1.82, 2.24) is 20.0 Å². The van der Waals surface area contributed by atoms with Crippen LogP contribution in [0.2, 0.25) is 0 Å². The number of aliphatic imine (C=N–C) groups is 1. The zero-order valence-electron chi connectivity index (χ0n) is 15.6. The van der Waals surface area contributed by atoms with E-state index in [1.165, 1.54) is 38.9 Å². The van der Waals surface area contributed by atoms with Crippen molar-refractivity contribution in [2.45, 2.75) is 26.2 Å². The summed E-state index contributed by atoms with van der Waals surface area (Å²) in [6.07, 6.45) is 3.89. The monoisotopic (exact) mass is 335 g/mol. The number of guanidine groups is 1. The first kappa shape index (κ1) is 18.8. The first-order chi connectivity index (χ1) is 11.5.